The van der Waals surface area contributed by atoms with Crippen LogP contribution < -0.4 is 16.4 Å². The van der Waals surface area contributed by atoms with Gasteiger partial charge in [-0.2, -0.15) is 0 Å². The topological polar surface area (TPSA) is 105 Å². The first kappa shape index (κ1) is 17.5. The molecule has 0 fully saturated rings. The molecule has 4 N–H and O–H groups in total. The van der Waals surface area contributed by atoms with Gasteiger partial charge in [-0.1, -0.05) is 36.4 Å². The van der Waals surface area contributed by atoms with Crippen LogP contribution in [0.1, 0.15) is 21.5 Å². The number of benzene rings is 2. The lowest BCUT2D eigenvalue weighted by Gasteiger charge is -2.28. The van der Waals surface area contributed by atoms with Crippen LogP contribution in [0.5, 0.6) is 0 Å². The summed E-state index contributed by atoms with van der Waals surface area (Å²) in [7, 11) is 0. The minimum absolute atomic E-state index is 0.190. The molecule has 4 amide bonds. The Balaban J connectivity index is 1.54. The van der Waals surface area contributed by atoms with E-state index in [0.717, 1.165) is 12.0 Å². The van der Waals surface area contributed by atoms with Gasteiger partial charge in [0, 0.05) is 13.1 Å². The summed E-state index contributed by atoms with van der Waals surface area (Å²) in [5.74, 6) is -1.05. The Labute approximate surface area is 151 Å². The Hall–Kier alpha value is -3.35. The van der Waals surface area contributed by atoms with Crippen LogP contribution in [0.4, 0.5) is 10.5 Å². The fourth-order valence-corrected chi connectivity index (χ4v) is 2.94. The highest BCUT2D eigenvalue weighted by molar-refractivity contribution is 6.03. The SMILES string of the molecule is NC(=O)c1ccccc1NC(=O)CNC(=O)N1CCc2ccccc2C1. The van der Waals surface area contributed by atoms with E-state index >= 15 is 0 Å². The highest BCUT2D eigenvalue weighted by atomic mass is 16.2. The van der Waals surface area contributed by atoms with Crippen LogP contribution in [0.15, 0.2) is 48.5 Å². The third-order valence-corrected chi connectivity index (χ3v) is 4.28. The van der Waals surface area contributed by atoms with Crippen molar-refractivity contribution in [1.82, 2.24) is 10.2 Å². The third kappa shape index (κ3) is 4.00. The van der Waals surface area contributed by atoms with Gasteiger partial charge >= 0.3 is 6.03 Å². The zero-order valence-corrected chi connectivity index (χ0v) is 14.2. The van der Waals surface area contributed by atoms with E-state index < -0.39 is 11.8 Å². The van der Waals surface area contributed by atoms with Crippen LogP contribution in [0.3, 0.4) is 0 Å². The number of amides is 4. The molecule has 2 aromatic rings. The number of urea groups is 1. The Bertz CT molecular complexity index is 850. The molecule has 134 valence electrons. The normalized spacial score (nSPS) is 12.8. The average Bonchev–Trinajstić information content (AvgIpc) is 2.66. The zero-order valence-electron chi connectivity index (χ0n) is 14.2. The van der Waals surface area contributed by atoms with Crippen molar-refractivity contribution in [1.29, 1.82) is 0 Å². The van der Waals surface area contributed by atoms with Crippen LogP contribution in [0, 0.1) is 0 Å². The molecule has 1 aliphatic rings. The first-order valence-electron chi connectivity index (χ1n) is 8.33. The molecule has 0 atom stereocenters. The summed E-state index contributed by atoms with van der Waals surface area (Å²) in [5, 5.41) is 5.20. The molecule has 0 saturated heterocycles. The van der Waals surface area contributed by atoms with Gasteiger partial charge in [0.15, 0.2) is 0 Å². The maximum Gasteiger partial charge on any atom is 0.318 e. The highest BCUT2D eigenvalue weighted by Gasteiger charge is 2.20. The smallest absolute Gasteiger partial charge is 0.318 e. The molecule has 0 aromatic heterocycles. The fraction of sp³-hybridized carbons (Fsp3) is 0.211. The van der Waals surface area contributed by atoms with E-state index in [1.54, 1.807) is 23.1 Å². The van der Waals surface area contributed by atoms with Gasteiger partial charge in [-0.3, -0.25) is 9.59 Å². The van der Waals surface area contributed by atoms with Gasteiger partial charge in [0.1, 0.15) is 0 Å². The molecule has 0 spiro atoms. The van der Waals surface area contributed by atoms with E-state index in [0.29, 0.717) is 18.8 Å². The fourth-order valence-electron chi connectivity index (χ4n) is 2.94. The molecule has 0 saturated carbocycles. The second-order valence-corrected chi connectivity index (χ2v) is 6.06. The number of para-hydroxylation sites is 1. The third-order valence-electron chi connectivity index (χ3n) is 4.28. The van der Waals surface area contributed by atoms with Crippen LogP contribution in [0.2, 0.25) is 0 Å². The van der Waals surface area contributed by atoms with Gasteiger partial charge in [-0.15, -0.1) is 0 Å². The summed E-state index contributed by atoms with van der Waals surface area (Å²) in [6.45, 7) is 0.938. The molecular weight excluding hydrogens is 332 g/mol. The molecule has 1 heterocycles. The van der Waals surface area contributed by atoms with E-state index in [9.17, 15) is 14.4 Å². The number of anilines is 1. The Morgan fingerprint density at radius 2 is 1.69 bits per heavy atom. The van der Waals surface area contributed by atoms with E-state index in [-0.39, 0.29) is 18.1 Å². The van der Waals surface area contributed by atoms with Crippen molar-refractivity contribution in [2.24, 2.45) is 5.73 Å². The minimum Gasteiger partial charge on any atom is -0.366 e. The molecule has 0 bridgehead atoms. The standard InChI is InChI=1S/C19H20N4O3/c20-18(25)15-7-3-4-8-16(15)22-17(24)11-21-19(26)23-10-9-13-5-1-2-6-14(13)12-23/h1-8H,9-12H2,(H2,20,25)(H,21,26)(H,22,24). The van der Waals surface area contributed by atoms with Crippen molar-refractivity contribution in [2.75, 3.05) is 18.4 Å². The van der Waals surface area contributed by atoms with Crippen molar-refractivity contribution in [3.63, 3.8) is 0 Å². The van der Waals surface area contributed by atoms with Gasteiger partial charge < -0.3 is 21.3 Å². The maximum absolute atomic E-state index is 12.3. The van der Waals surface area contributed by atoms with Crippen LogP contribution >= 0.6 is 0 Å². The second-order valence-electron chi connectivity index (χ2n) is 6.06. The molecule has 0 unspecified atom stereocenters. The molecule has 3 rings (SSSR count). The van der Waals surface area contributed by atoms with Gasteiger partial charge in [0.05, 0.1) is 17.8 Å². The second kappa shape index (κ2) is 7.69. The number of carbonyl (C=O) groups is 3. The zero-order chi connectivity index (χ0) is 18.5. The summed E-state index contributed by atoms with van der Waals surface area (Å²) in [5.41, 5.74) is 8.20. The number of rotatable bonds is 4. The van der Waals surface area contributed by atoms with Gasteiger partial charge in [-0.05, 0) is 29.7 Å². The summed E-state index contributed by atoms with van der Waals surface area (Å²) in [4.78, 5) is 37.4. The predicted molar refractivity (Wildman–Crippen MR) is 97.5 cm³/mol. The molecular formula is C19H20N4O3. The first-order valence-corrected chi connectivity index (χ1v) is 8.33. The predicted octanol–water partition coefficient (Wildman–Crippen LogP) is 1.49. The van der Waals surface area contributed by atoms with E-state index in [1.165, 1.54) is 11.6 Å². The monoisotopic (exact) mass is 352 g/mol. The van der Waals surface area contributed by atoms with Crippen molar-refractivity contribution in [3.8, 4) is 0 Å². The van der Waals surface area contributed by atoms with Crippen LogP contribution in [-0.4, -0.2) is 35.8 Å². The van der Waals surface area contributed by atoms with Crippen LogP contribution in [-0.2, 0) is 17.8 Å². The van der Waals surface area contributed by atoms with Crippen molar-refractivity contribution >= 4 is 23.5 Å². The quantitative estimate of drug-likeness (QED) is 0.776. The van der Waals surface area contributed by atoms with E-state index in [4.69, 9.17) is 5.73 Å². The molecule has 7 heteroatoms. The van der Waals surface area contributed by atoms with E-state index in [1.807, 2.05) is 18.2 Å². The van der Waals surface area contributed by atoms with Crippen molar-refractivity contribution in [2.45, 2.75) is 13.0 Å². The minimum atomic E-state index is -0.628. The summed E-state index contributed by atoms with van der Waals surface area (Å²) in [6, 6.07) is 14.2. The Morgan fingerprint density at radius 1 is 1.00 bits per heavy atom. The number of hydrogen-bond acceptors (Lipinski definition) is 3. The number of nitrogens with zero attached hydrogens (tertiary/aromatic N) is 1. The van der Waals surface area contributed by atoms with Crippen LogP contribution in [0.25, 0.3) is 0 Å². The maximum atomic E-state index is 12.3. The lowest BCUT2D eigenvalue weighted by molar-refractivity contribution is -0.115. The van der Waals surface area contributed by atoms with Gasteiger partial charge in [0.2, 0.25) is 5.91 Å². The van der Waals surface area contributed by atoms with E-state index in [2.05, 4.69) is 16.7 Å². The van der Waals surface area contributed by atoms with Gasteiger partial charge in [-0.25, -0.2) is 4.79 Å². The first-order chi connectivity index (χ1) is 12.5. The van der Waals surface area contributed by atoms with Crippen molar-refractivity contribution < 1.29 is 14.4 Å². The number of primary amides is 1. The summed E-state index contributed by atoms with van der Waals surface area (Å²) in [6.07, 6.45) is 0.793. The summed E-state index contributed by atoms with van der Waals surface area (Å²) >= 11 is 0. The lowest BCUT2D eigenvalue weighted by Crippen LogP contribution is -2.45. The molecule has 0 radical (unpaired) electrons. The number of carbonyl (C=O) groups excluding carboxylic acids is 3. The number of fused-ring (bicyclic) bond motifs is 1. The summed E-state index contributed by atoms with van der Waals surface area (Å²) < 4.78 is 0. The number of nitrogens with two attached hydrogens (primary N) is 1. The molecule has 26 heavy (non-hydrogen) atoms. The highest BCUT2D eigenvalue weighted by Crippen LogP contribution is 2.18. The molecule has 7 nitrogen and oxygen atoms in total. The molecule has 2 aromatic carbocycles. The molecule has 1 aliphatic heterocycles. The Kier molecular flexibility index (Phi) is 5.17. The largest absolute Gasteiger partial charge is 0.366 e. The number of nitrogens with one attached hydrogen (secondary N) is 2. The van der Waals surface area contributed by atoms with Crippen molar-refractivity contribution in [3.05, 3.63) is 65.2 Å². The number of hydrogen-bond donors (Lipinski definition) is 3. The van der Waals surface area contributed by atoms with Gasteiger partial charge in [0.25, 0.3) is 5.91 Å². The Morgan fingerprint density at radius 3 is 2.46 bits per heavy atom. The molecule has 0 aliphatic carbocycles. The lowest BCUT2D eigenvalue weighted by atomic mass is 10.0. The average molecular weight is 352 g/mol.